The van der Waals surface area contributed by atoms with E-state index in [0.717, 1.165) is 31.9 Å². The predicted molar refractivity (Wildman–Crippen MR) is 118 cm³/mol. The molecule has 0 radical (unpaired) electrons. The van der Waals surface area contributed by atoms with Crippen LogP contribution < -0.4 is 20.3 Å². The van der Waals surface area contributed by atoms with Gasteiger partial charge in [0.15, 0.2) is 22.9 Å². The number of pyridine rings is 1. The lowest BCUT2D eigenvalue weighted by Crippen LogP contribution is -2.43. The Bertz CT molecular complexity index is 1340. The molecule has 1 saturated heterocycles. The highest BCUT2D eigenvalue weighted by molar-refractivity contribution is 6.13. The largest absolute Gasteiger partial charge is 0.491 e. The average Bonchev–Trinajstić information content (AvgIpc) is 3.35. The molecular weight excluding hydrogens is 415 g/mol. The first kappa shape index (κ1) is 20.3. The topological polar surface area (TPSA) is 96.9 Å². The Morgan fingerprint density at radius 1 is 1.22 bits per heavy atom. The zero-order chi connectivity index (χ0) is 22.4. The summed E-state index contributed by atoms with van der Waals surface area (Å²) in [5.74, 6) is -0.698. The van der Waals surface area contributed by atoms with Crippen LogP contribution in [0.5, 0.6) is 5.75 Å². The van der Waals surface area contributed by atoms with Crippen molar-refractivity contribution in [1.29, 1.82) is 0 Å². The molecule has 10 heteroatoms. The highest BCUT2D eigenvalue weighted by atomic mass is 19.1. The third-order valence-corrected chi connectivity index (χ3v) is 5.55. The Morgan fingerprint density at radius 3 is 2.75 bits per heavy atom. The number of rotatable bonds is 4. The number of hydrogen-bond donors (Lipinski definition) is 2. The number of aromatic nitrogens is 3. The van der Waals surface area contributed by atoms with Gasteiger partial charge in [-0.2, -0.15) is 4.39 Å². The molecule has 0 saturated carbocycles. The minimum Gasteiger partial charge on any atom is -0.491 e. The summed E-state index contributed by atoms with van der Waals surface area (Å²) < 4.78 is 27.5. The van der Waals surface area contributed by atoms with Crippen molar-refractivity contribution in [2.45, 2.75) is 13.8 Å². The lowest BCUT2D eigenvalue weighted by molar-refractivity contribution is 0.102. The lowest BCUT2D eigenvalue weighted by Gasteiger charge is -2.29. The van der Waals surface area contributed by atoms with Gasteiger partial charge in [0.05, 0.1) is 24.1 Å². The number of hydrogen-bond acceptors (Lipinski definition) is 7. The van der Waals surface area contributed by atoms with E-state index in [4.69, 9.17) is 9.15 Å². The Kier molecular flexibility index (Phi) is 4.93. The van der Waals surface area contributed by atoms with Crippen molar-refractivity contribution >= 4 is 34.0 Å². The number of methoxy groups -OCH3 is 1. The van der Waals surface area contributed by atoms with Gasteiger partial charge in [-0.3, -0.25) is 4.79 Å². The molecule has 5 rings (SSSR count). The van der Waals surface area contributed by atoms with Gasteiger partial charge in [0.1, 0.15) is 11.2 Å². The molecule has 4 aromatic rings. The van der Waals surface area contributed by atoms with Crippen molar-refractivity contribution in [2.24, 2.45) is 0 Å². The first-order chi connectivity index (χ1) is 15.5. The average molecular weight is 438 g/mol. The smallest absolute Gasteiger partial charge is 0.258 e. The molecule has 32 heavy (non-hydrogen) atoms. The summed E-state index contributed by atoms with van der Waals surface area (Å²) in [4.78, 5) is 24.0. The van der Waals surface area contributed by atoms with Crippen LogP contribution in [0.25, 0.3) is 16.7 Å². The van der Waals surface area contributed by atoms with Gasteiger partial charge in [-0.1, -0.05) is 0 Å². The molecule has 0 spiro atoms. The predicted octanol–water partition coefficient (Wildman–Crippen LogP) is 2.90. The number of ether oxygens (including phenoxy) is 1. The number of aryl methyl sites for hydroxylation is 2. The van der Waals surface area contributed by atoms with Crippen molar-refractivity contribution in [1.82, 2.24) is 19.7 Å². The van der Waals surface area contributed by atoms with Crippen molar-refractivity contribution in [3.8, 4) is 5.75 Å². The summed E-state index contributed by atoms with van der Waals surface area (Å²) in [7, 11) is 1.35. The maximum absolute atomic E-state index is 14.9. The van der Waals surface area contributed by atoms with Crippen LogP contribution in [-0.2, 0) is 0 Å². The zero-order valence-electron chi connectivity index (χ0n) is 18.0. The number of benzene rings is 1. The number of oxazole rings is 1. The summed E-state index contributed by atoms with van der Waals surface area (Å²) in [5, 5.41) is 6.09. The zero-order valence-corrected chi connectivity index (χ0v) is 18.0. The molecule has 1 aliphatic rings. The maximum Gasteiger partial charge on any atom is 0.258 e. The second-order valence-corrected chi connectivity index (χ2v) is 7.74. The van der Waals surface area contributed by atoms with E-state index in [1.165, 1.54) is 11.5 Å². The highest BCUT2D eigenvalue weighted by Gasteiger charge is 2.24. The summed E-state index contributed by atoms with van der Waals surface area (Å²) in [6.07, 6.45) is 3.25. The minimum atomic E-state index is -0.644. The van der Waals surface area contributed by atoms with Crippen LogP contribution in [0.1, 0.15) is 21.9 Å². The molecule has 2 N–H and O–H groups in total. The van der Waals surface area contributed by atoms with Crippen LogP contribution in [0.4, 0.5) is 15.8 Å². The van der Waals surface area contributed by atoms with E-state index < -0.39 is 11.7 Å². The number of halogens is 1. The molecule has 4 heterocycles. The molecule has 0 unspecified atom stereocenters. The van der Waals surface area contributed by atoms with Crippen molar-refractivity contribution in [3.63, 3.8) is 0 Å². The summed E-state index contributed by atoms with van der Waals surface area (Å²) >= 11 is 0. The second kappa shape index (κ2) is 7.79. The number of imidazole rings is 1. The van der Waals surface area contributed by atoms with Crippen LogP contribution in [-0.4, -0.2) is 53.6 Å². The van der Waals surface area contributed by atoms with Crippen molar-refractivity contribution in [2.75, 3.05) is 43.5 Å². The van der Waals surface area contributed by atoms with Gasteiger partial charge in [0.2, 0.25) is 5.82 Å². The van der Waals surface area contributed by atoms with E-state index in [1.807, 2.05) is 6.07 Å². The first-order valence-electron chi connectivity index (χ1n) is 10.3. The first-order valence-corrected chi connectivity index (χ1v) is 10.3. The van der Waals surface area contributed by atoms with E-state index in [1.54, 1.807) is 32.3 Å². The monoisotopic (exact) mass is 438 g/mol. The lowest BCUT2D eigenvalue weighted by atomic mass is 10.1. The molecule has 0 bridgehead atoms. The number of piperazine rings is 1. The number of amides is 1. The molecule has 1 aromatic carbocycles. The van der Waals surface area contributed by atoms with Crippen LogP contribution in [0.2, 0.25) is 0 Å². The SMILES string of the molecule is COc1c(NC(=O)c2ccc(N3CCNCC3)c3oc(C)nc23)cn2cc(C)nc2c1F. The number of carbonyl (C=O) groups excluding carboxylic acids is 1. The number of fused-ring (bicyclic) bond motifs is 2. The van der Waals surface area contributed by atoms with Gasteiger partial charge in [-0.05, 0) is 19.1 Å². The molecular formula is C22H23FN6O3. The van der Waals surface area contributed by atoms with Crippen molar-refractivity contribution < 1.29 is 18.3 Å². The van der Waals surface area contributed by atoms with Crippen LogP contribution in [0.15, 0.2) is 28.9 Å². The third-order valence-electron chi connectivity index (χ3n) is 5.55. The fraction of sp³-hybridized carbons (Fsp3) is 0.318. The van der Waals surface area contributed by atoms with Gasteiger partial charge < -0.3 is 29.1 Å². The standard InChI is InChI=1S/C22H23FN6O3/c1-12-10-29-11-15(19(31-3)17(23)21(29)25-12)27-22(30)14-4-5-16(28-8-6-24-7-9-28)20-18(14)26-13(2)32-20/h4-5,10-11,24H,6-9H2,1-3H3,(H,27,30). The second-order valence-electron chi connectivity index (χ2n) is 7.74. The van der Waals surface area contributed by atoms with Gasteiger partial charge in [-0.25, -0.2) is 9.97 Å². The molecule has 3 aromatic heterocycles. The molecule has 1 amide bonds. The molecule has 9 nitrogen and oxygen atoms in total. The quantitative estimate of drug-likeness (QED) is 0.506. The number of nitrogens with zero attached hydrogens (tertiary/aromatic N) is 4. The van der Waals surface area contributed by atoms with Crippen LogP contribution in [0.3, 0.4) is 0 Å². The Balaban J connectivity index is 1.55. The van der Waals surface area contributed by atoms with Gasteiger partial charge >= 0.3 is 0 Å². The molecule has 0 aliphatic carbocycles. The molecule has 0 atom stereocenters. The fourth-order valence-corrected chi connectivity index (χ4v) is 4.11. The highest BCUT2D eigenvalue weighted by Crippen LogP contribution is 2.33. The van der Waals surface area contributed by atoms with Crippen molar-refractivity contribution in [3.05, 3.63) is 47.5 Å². The van der Waals surface area contributed by atoms with Crippen LogP contribution >= 0.6 is 0 Å². The normalized spacial score (nSPS) is 14.3. The van der Waals surface area contributed by atoms with Gasteiger partial charge in [0.25, 0.3) is 5.91 Å². The number of anilines is 2. The summed E-state index contributed by atoms with van der Waals surface area (Å²) in [6.45, 7) is 6.93. The Hall–Kier alpha value is -3.66. The third kappa shape index (κ3) is 3.32. The Labute approximate surface area is 183 Å². The maximum atomic E-state index is 14.9. The van der Waals surface area contributed by atoms with E-state index >= 15 is 0 Å². The number of nitrogens with one attached hydrogen (secondary N) is 2. The van der Waals surface area contributed by atoms with E-state index in [-0.39, 0.29) is 17.1 Å². The number of carbonyl (C=O) groups is 1. The fourth-order valence-electron chi connectivity index (χ4n) is 4.11. The van der Waals surface area contributed by atoms with E-state index in [0.29, 0.717) is 28.2 Å². The van der Waals surface area contributed by atoms with Gasteiger partial charge in [-0.15, -0.1) is 0 Å². The van der Waals surface area contributed by atoms with E-state index in [9.17, 15) is 9.18 Å². The summed E-state index contributed by atoms with van der Waals surface area (Å²) in [5.41, 5.74) is 3.24. The minimum absolute atomic E-state index is 0.0820. The summed E-state index contributed by atoms with van der Waals surface area (Å²) in [6, 6.07) is 3.59. The van der Waals surface area contributed by atoms with Crippen LogP contribution in [0, 0.1) is 19.7 Å². The Morgan fingerprint density at radius 2 is 2.00 bits per heavy atom. The molecule has 1 aliphatic heterocycles. The van der Waals surface area contributed by atoms with Gasteiger partial charge in [0, 0.05) is 45.5 Å². The molecule has 166 valence electrons. The van der Waals surface area contributed by atoms with E-state index in [2.05, 4.69) is 25.5 Å². The molecule has 1 fully saturated rings.